The Morgan fingerprint density at radius 1 is 1.29 bits per heavy atom. The van der Waals surface area contributed by atoms with Crippen LogP contribution in [0, 0.1) is 12.7 Å². The molecular weight excluding hydrogens is 273 g/mol. The van der Waals surface area contributed by atoms with Crippen LogP contribution in [0.4, 0.5) is 10.1 Å². The van der Waals surface area contributed by atoms with Crippen molar-refractivity contribution in [3.8, 4) is 5.75 Å². The number of amides is 1. The summed E-state index contributed by atoms with van der Waals surface area (Å²) in [7, 11) is 0. The highest BCUT2D eigenvalue weighted by atomic mass is 19.1. The minimum Gasteiger partial charge on any atom is -0.483 e. The number of aliphatic hydroxyl groups excluding tert-OH is 1. The first-order valence-electron chi connectivity index (χ1n) is 6.47. The number of aliphatic hydroxyl groups is 1. The first-order valence-corrected chi connectivity index (χ1v) is 6.47. The maximum Gasteiger partial charge on any atom is 0.262 e. The second-order valence-corrected chi connectivity index (χ2v) is 4.62. The Hall–Kier alpha value is -2.40. The summed E-state index contributed by atoms with van der Waals surface area (Å²) >= 11 is 0. The molecule has 0 radical (unpaired) electrons. The van der Waals surface area contributed by atoms with Gasteiger partial charge in [-0.1, -0.05) is 12.1 Å². The lowest BCUT2D eigenvalue weighted by molar-refractivity contribution is -0.118. The molecule has 1 amide bonds. The molecule has 2 rings (SSSR count). The molecule has 0 bridgehead atoms. The Labute approximate surface area is 122 Å². The van der Waals surface area contributed by atoms with Gasteiger partial charge in [0.05, 0.1) is 6.61 Å². The van der Waals surface area contributed by atoms with Crippen LogP contribution in [-0.4, -0.2) is 17.6 Å². The van der Waals surface area contributed by atoms with E-state index in [9.17, 15) is 9.18 Å². The van der Waals surface area contributed by atoms with Crippen LogP contribution in [0.1, 0.15) is 11.1 Å². The molecule has 0 aromatic heterocycles. The number of rotatable bonds is 5. The number of hydrogen-bond acceptors (Lipinski definition) is 3. The molecule has 0 atom stereocenters. The van der Waals surface area contributed by atoms with Crippen molar-refractivity contribution < 1.29 is 19.0 Å². The summed E-state index contributed by atoms with van der Waals surface area (Å²) in [6.45, 7) is 1.36. The SMILES string of the molecule is Cc1cccc(NC(=O)COc2ccc(F)cc2CO)c1. The number of aryl methyl sites for hydroxylation is 1. The molecule has 110 valence electrons. The van der Waals surface area contributed by atoms with E-state index >= 15 is 0 Å². The topological polar surface area (TPSA) is 58.6 Å². The Kier molecular flexibility index (Phi) is 4.90. The molecule has 0 fully saturated rings. The van der Waals surface area contributed by atoms with Crippen molar-refractivity contribution in [2.45, 2.75) is 13.5 Å². The quantitative estimate of drug-likeness (QED) is 0.889. The average Bonchev–Trinajstić information content (AvgIpc) is 2.45. The number of anilines is 1. The molecule has 21 heavy (non-hydrogen) atoms. The highest BCUT2D eigenvalue weighted by Gasteiger charge is 2.08. The molecule has 0 saturated carbocycles. The second kappa shape index (κ2) is 6.85. The van der Waals surface area contributed by atoms with E-state index in [1.54, 1.807) is 6.07 Å². The van der Waals surface area contributed by atoms with E-state index in [-0.39, 0.29) is 19.1 Å². The van der Waals surface area contributed by atoms with E-state index in [4.69, 9.17) is 9.84 Å². The fourth-order valence-corrected chi connectivity index (χ4v) is 1.88. The van der Waals surface area contributed by atoms with Gasteiger partial charge in [-0.25, -0.2) is 4.39 Å². The zero-order valence-electron chi connectivity index (χ0n) is 11.6. The van der Waals surface area contributed by atoms with Gasteiger partial charge in [0.2, 0.25) is 0 Å². The highest BCUT2D eigenvalue weighted by molar-refractivity contribution is 5.91. The number of benzene rings is 2. The van der Waals surface area contributed by atoms with Crippen molar-refractivity contribution >= 4 is 11.6 Å². The predicted octanol–water partition coefficient (Wildman–Crippen LogP) is 2.64. The van der Waals surface area contributed by atoms with Gasteiger partial charge in [0.15, 0.2) is 6.61 Å². The number of carbonyl (C=O) groups is 1. The molecule has 2 N–H and O–H groups in total. The summed E-state index contributed by atoms with van der Waals surface area (Å²) in [4.78, 5) is 11.8. The summed E-state index contributed by atoms with van der Waals surface area (Å²) < 4.78 is 18.3. The summed E-state index contributed by atoms with van der Waals surface area (Å²) in [6, 6.07) is 11.2. The van der Waals surface area contributed by atoms with Crippen molar-refractivity contribution in [1.29, 1.82) is 0 Å². The first kappa shape index (κ1) is 15.0. The van der Waals surface area contributed by atoms with Crippen LogP contribution in [0.5, 0.6) is 5.75 Å². The number of hydrogen-bond donors (Lipinski definition) is 2. The molecule has 5 heteroatoms. The average molecular weight is 289 g/mol. The van der Waals surface area contributed by atoms with Crippen LogP contribution in [0.25, 0.3) is 0 Å². The fourth-order valence-electron chi connectivity index (χ4n) is 1.88. The van der Waals surface area contributed by atoms with E-state index in [0.29, 0.717) is 17.0 Å². The zero-order chi connectivity index (χ0) is 15.2. The summed E-state index contributed by atoms with van der Waals surface area (Å²) in [5, 5.41) is 11.8. The molecule has 0 aliphatic heterocycles. The molecule has 0 heterocycles. The molecule has 0 unspecified atom stereocenters. The molecule has 2 aromatic rings. The maximum atomic E-state index is 13.0. The van der Waals surface area contributed by atoms with E-state index in [2.05, 4.69) is 5.32 Å². The molecule has 4 nitrogen and oxygen atoms in total. The van der Waals surface area contributed by atoms with E-state index < -0.39 is 5.82 Å². The van der Waals surface area contributed by atoms with Gasteiger partial charge in [-0.15, -0.1) is 0 Å². The zero-order valence-corrected chi connectivity index (χ0v) is 11.6. The third-order valence-electron chi connectivity index (χ3n) is 2.85. The number of nitrogens with one attached hydrogen (secondary N) is 1. The first-order chi connectivity index (χ1) is 10.1. The predicted molar refractivity (Wildman–Crippen MR) is 77.6 cm³/mol. The van der Waals surface area contributed by atoms with Gasteiger partial charge in [-0.3, -0.25) is 4.79 Å². The number of ether oxygens (including phenoxy) is 1. The maximum absolute atomic E-state index is 13.0. The van der Waals surface area contributed by atoms with Crippen molar-refractivity contribution in [3.05, 3.63) is 59.4 Å². The Bertz CT molecular complexity index is 643. The van der Waals surface area contributed by atoms with Crippen LogP contribution >= 0.6 is 0 Å². The van der Waals surface area contributed by atoms with Gasteiger partial charge in [0.1, 0.15) is 11.6 Å². The minimum absolute atomic E-state index is 0.216. The van der Waals surface area contributed by atoms with Crippen LogP contribution in [0.2, 0.25) is 0 Å². The van der Waals surface area contributed by atoms with E-state index in [0.717, 1.165) is 5.56 Å². The van der Waals surface area contributed by atoms with Crippen molar-refractivity contribution in [2.24, 2.45) is 0 Å². The van der Waals surface area contributed by atoms with Crippen LogP contribution in [0.3, 0.4) is 0 Å². The highest BCUT2D eigenvalue weighted by Crippen LogP contribution is 2.19. The van der Waals surface area contributed by atoms with Gasteiger partial charge >= 0.3 is 0 Å². The Morgan fingerprint density at radius 3 is 2.81 bits per heavy atom. The van der Waals surface area contributed by atoms with Crippen LogP contribution < -0.4 is 10.1 Å². The Morgan fingerprint density at radius 2 is 2.10 bits per heavy atom. The van der Waals surface area contributed by atoms with Gasteiger partial charge in [0.25, 0.3) is 5.91 Å². The lowest BCUT2D eigenvalue weighted by Gasteiger charge is -2.10. The normalized spacial score (nSPS) is 10.2. The summed E-state index contributed by atoms with van der Waals surface area (Å²) in [5.74, 6) is -0.497. The van der Waals surface area contributed by atoms with E-state index in [1.807, 2.05) is 25.1 Å². The largest absolute Gasteiger partial charge is 0.483 e. The molecule has 0 aliphatic carbocycles. The van der Waals surface area contributed by atoms with Gasteiger partial charge in [-0.2, -0.15) is 0 Å². The summed E-state index contributed by atoms with van der Waals surface area (Å²) in [5.41, 5.74) is 2.03. The van der Waals surface area contributed by atoms with E-state index in [1.165, 1.54) is 18.2 Å². The van der Waals surface area contributed by atoms with Crippen LogP contribution in [-0.2, 0) is 11.4 Å². The molecular formula is C16H16FNO3. The number of halogens is 1. The monoisotopic (exact) mass is 289 g/mol. The third kappa shape index (κ3) is 4.29. The third-order valence-corrected chi connectivity index (χ3v) is 2.85. The fraction of sp³-hybridized carbons (Fsp3) is 0.188. The lowest BCUT2D eigenvalue weighted by Crippen LogP contribution is -2.20. The van der Waals surface area contributed by atoms with Gasteiger partial charge in [0, 0.05) is 11.3 Å². The molecule has 0 spiro atoms. The van der Waals surface area contributed by atoms with Gasteiger partial charge < -0.3 is 15.2 Å². The van der Waals surface area contributed by atoms with Crippen molar-refractivity contribution in [2.75, 3.05) is 11.9 Å². The van der Waals surface area contributed by atoms with Crippen molar-refractivity contribution in [1.82, 2.24) is 0 Å². The number of carbonyl (C=O) groups excluding carboxylic acids is 1. The Balaban J connectivity index is 1.95. The minimum atomic E-state index is -0.462. The lowest BCUT2D eigenvalue weighted by atomic mass is 10.2. The molecule has 2 aromatic carbocycles. The summed E-state index contributed by atoms with van der Waals surface area (Å²) in [6.07, 6.45) is 0. The van der Waals surface area contributed by atoms with Crippen molar-refractivity contribution in [3.63, 3.8) is 0 Å². The smallest absolute Gasteiger partial charge is 0.262 e. The second-order valence-electron chi connectivity index (χ2n) is 4.62. The molecule has 0 aliphatic rings. The standard InChI is InChI=1S/C16H16FNO3/c1-11-3-2-4-14(7-11)18-16(20)10-21-15-6-5-13(17)8-12(15)9-19/h2-8,19H,9-10H2,1H3,(H,18,20). The molecule has 0 saturated heterocycles. The van der Waals surface area contributed by atoms with Gasteiger partial charge in [-0.05, 0) is 42.8 Å². The van der Waals surface area contributed by atoms with Crippen LogP contribution in [0.15, 0.2) is 42.5 Å².